The molecular weight excluding hydrogens is 182 g/mol. The van der Waals surface area contributed by atoms with E-state index in [9.17, 15) is 18.4 Å². The molecule has 0 aliphatic rings. The normalized spacial score (nSPS) is 8.77. The third kappa shape index (κ3) is 2.72. The smallest absolute Gasteiger partial charge is 0.372 e. The molecule has 0 heterocycles. The number of ketones is 1. The molecule has 0 amide bonds. The van der Waals surface area contributed by atoms with Crippen LogP contribution in [0.4, 0.5) is 8.78 Å². The van der Waals surface area contributed by atoms with Crippen LogP contribution in [0.3, 0.4) is 0 Å². The molecule has 0 spiro atoms. The second-order valence-electron chi connectivity index (χ2n) is 2.11. The molecule has 5 heteroatoms. The third-order valence-corrected chi connectivity index (χ3v) is 1.28. The molecular formula is C8H6F2O3. The number of hydrogen-bond donors (Lipinski definition) is 0. The molecule has 0 bridgehead atoms. The van der Waals surface area contributed by atoms with Crippen molar-refractivity contribution in [3.63, 3.8) is 0 Å². The van der Waals surface area contributed by atoms with E-state index in [1.165, 1.54) is 0 Å². The van der Waals surface area contributed by atoms with Gasteiger partial charge in [0.2, 0.25) is 0 Å². The van der Waals surface area contributed by atoms with Gasteiger partial charge in [-0.3, -0.25) is 9.59 Å². The van der Waals surface area contributed by atoms with E-state index in [1.54, 1.807) is 0 Å². The highest BCUT2D eigenvalue weighted by atomic mass is 19.1. The van der Waals surface area contributed by atoms with Crippen LogP contribution in [-0.2, 0) is 4.79 Å². The van der Waals surface area contributed by atoms with Gasteiger partial charge in [0.1, 0.15) is 5.82 Å². The Hall–Kier alpha value is -1.62. The lowest BCUT2D eigenvalue weighted by Gasteiger charge is -1.92. The van der Waals surface area contributed by atoms with Crippen LogP contribution in [0.5, 0.6) is 0 Å². The molecule has 1 aromatic rings. The summed E-state index contributed by atoms with van der Waals surface area (Å²) in [6.07, 6.45) is 0. The Morgan fingerprint density at radius 2 is 1.54 bits per heavy atom. The molecule has 1 aromatic carbocycles. The van der Waals surface area contributed by atoms with Crippen LogP contribution in [0.1, 0.15) is 10.4 Å². The average molecular weight is 188 g/mol. The van der Waals surface area contributed by atoms with Crippen molar-refractivity contribution in [1.82, 2.24) is 0 Å². The van der Waals surface area contributed by atoms with Gasteiger partial charge in [0.25, 0.3) is 5.78 Å². The lowest BCUT2D eigenvalue weighted by atomic mass is 10.1. The summed E-state index contributed by atoms with van der Waals surface area (Å²) < 4.78 is 24.1. The van der Waals surface area contributed by atoms with E-state index in [-0.39, 0.29) is 11.0 Å². The summed E-state index contributed by atoms with van der Waals surface area (Å²) in [7, 11) is 0. The van der Waals surface area contributed by atoms with Gasteiger partial charge in [-0.15, -0.1) is 0 Å². The van der Waals surface area contributed by atoms with E-state index >= 15 is 0 Å². The summed E-state index contributed by atoms with van der Waals surface area (Å²) in [4.78, 5) is 20.5. The molecule has 0 unspecified atom stereocenters. The Morgan fingerprint density at radius 3 is 1.92 bits per heavy atom. The molecule has 2 N–H and O–H groups in total. The van der Waals surface area contributed by atoms with Crippen molar-refractivity contribution in [2.24, 2.45) is 0 Å². The van der Waals surface area contributed by atoms with Gasteiger partial charge in [0, 0.05) is 5.56 Å². The van der Waals surface area contributed by atoms with Crippen molar-refractivity contribution in [2.75, 3.05) is 0 Å². The lowest BCUT2D eigenvalue weighted by Crippen LogP contribution is -2.07. The maximum absolute atomic E-state index is 12.3. The van der Waals surface area contributed by atoms with E-state index in [0.29, 0.717) is 0 Å². The van der Waals surface area contributed by atoms with Crippen LogP contribution < -0.4 is 0 Å². The van der Waals surface area contributed by atoms with Gasteiger partial charge in [-0.25, -0.2) is 4.39 Å². The van der Waals surface area contributed by atoms with E-state index in [4.69, 9.17) is 0 Å². The number of carbonyl (C=O) groups is 2. The minimum absolute atomic E-state index is 0. The molecule has 0 aromatic heterocycles. The number of hydrogen-bond acceptors (Lipinski definition) is 2. The molecule has 0 aliphatic carbocycles. The topological polar surface area (TPSA) is 65.6 Å². The van der Waals surface area contributed by atoms with Crippen LogP contribution in [0.15, 0.2) is 24.3 Å². The summed E-state index contributed by atoms with van der Waals surface area (Å²) in [5, 5.41) is 0. The quantitative estimate of drug-likeness (QED) is 0.389. The number of halogens is 2. The highest BCUT2D eigenvalue weighted by Gasteiger charge is 2.14. The molecule has 0 saturated carbocycles. The first-order valence-electron chi connectivity index (χ1n) is 3.11. The average Bonchev–Trinajstić information content (AvgIpc) is 2.04. The Kier molecular flexibility index (Phi) is 3.87. The fraction of sp³-hybridized carbons (Fsp3) is 0. The number of carbonyl (C=O) groups excluding carboxylic acids is 2. The van der Waals surface area contributed by atoms with E-state index in [1.807, 2.05) is 0 Å². The predicted octanol–water partition coefficient (Wildman–Crippen LogP) is 0.680. The minimum Gasteiger partial charge on any atom is -0.412 e. The Labute approximate surface area is 72.3 Å². The first kappa shape index (κ1) is 11.4. The van der Waals surface area contributed by atoms with Gasteiger partial charge in [-0.1, -0.05) is 0 Å². The van der Waals surface area contributed by atoms with E-state index in [0.717, 1.165) is 24.3 Å². The molecule has 0 fully saturated rings. The maximum atomic E-state index is 12.3. The van der Waals surface area contributed by atoms with Gasteiger partial charge in [-0.05, 0) is 24.3 Å². The van der Waals surface area contributed by atoms with Gasteiger partial charge < -0.3 is 5.48 Å². The van der Waals surface area contributed by atoms with Crippen molar-refractivity contribution < 1.29 is 23.8 Å². The lowest BCUT2D eigenvalue weighted by molar-refractivity contribution is -0.124. The van der Waals surface area contributed by atoms with Crippen molar-refractivity contribution >= 4 is 11.8 Å². The monoisotopic (exact) mass is 188 g/mol. The molecule has 0 atom stereocenters. The maximum Gasteiger partial charge on any atom is 0.372 e. The third-order valence-electron chi connectivity index (χ3n) is 1.28. The molecule has 1 rings (SSSR count). The number of rotatable bonds is 2. The molecule has 0 aliphatic heterocycles. The van der Waals surface area contributed by atoms with Crippen LogP contribution >= 0.6 is 0 Å². The van der Waals surface area contributed by atoms with Crippen LogP contribution in [0.2, 0.25) is 0 Å². The molecule has 0 saturated heterocycles. The molecule has 13 heavy (non-hydrogen) atoms. The fourth-order valence-corrected chi connectivity index (χ4v) is 0.715. The standard InChI is InChI=1S/C8H4F2O2.H2O/c9-6-3-1-5(2-4-6)7(11)8(10)12;/h1-4H;1H2. The highest BCUT2D eigenvalue weighted by molar-refractivity contribution is 6.40. The van der Waals surface area contributed by atoms with Crippen LogP contribution in [0.25, 0.3) is 0 Å². The van der Waals surface area contributed by atoms with Crippen molar-refractivity contribution in [2.45, 2.75) is 0 Å². The van der Waals surface area contributed by atoms with Gasteiger partial charge >= 0.3 is 6.04 Å². The van der Waals surface area contributed by atoms with E-state index in [2.05, 4.69) is 0 Å². The van der Waals surface area contributed by atoms with Crippen LogP contribution in [0, 0.1) is 5.82 Å². The largest absolute Gasteiger partial charge is 0.412 e. The zero-order valence-corrected chi connectivity index (χ0v) is 6.38. The minimum atomic E-state index is -2.04. The Balaban J connectivity index is 0.00000144. The van der Waals surface area contributed by atoms with Gasteiger partial charge in [0.15, 0.2) is 0 Å². The Bertz CT molecular complexity index is 319. The van der Waals surface area contributed by atoms with Crippen molar-refractivity contribution in [1.29, 1.82) is 0 Å². The summed E-state index contributed by atoms with van der Waals surface area (Å²) in [6.45, 7) is 0. The summed E-state index contributed by atoms with van der Waals surface area (Å²) in [5.41, 5.74) is -0.149. The summed E-state index contributed by atoms with van der Waals surface area (Å²) in [5.74, 6) is -1.80. The second kappa shape index (κ2) is 4.42. The number of benzene rings is 1. The second-order valence-corrected chi connectivity index (χ2v) is 2.11. The Morgan fingerprint density at radius 1 is 1.08 bits per heavy atom. The van der Waals surface area contributed by atoms with E-state index < -0.39 is 17.6 Å². The first-order chi connectivity index (χ1) is 5.61. The van der Waals surface area contributed by atoms with Crippen molar-refractivity contribution in [3.8, 4) is 0 Å². The zero-order valence-electron chi connectivity index (χ0n) is 6.38. The van der Waals surface area contributed by atoms with Gasteiger partial charge in [-0.2, -0.15) is 4.39 Å². The van der Waals surface area contributed by atoms with Crippen molar-refractivity contribution in [3.05, 3.63) is 35.6 Å². The molecule has 0 radical (unpaired) electrons. The highest BCUT2D eigenvalue weighted by Crippen LogP contribution is 2.04. The predicted molar refractivity (Wildman–Crippen MR) is 40.5 cm³/mol. The fourth-order valence-electron chi connectivity index (χ4n) is 0.715. The summed E-state index contributed by atoms with van der Waals surface area (Å²) in [6, 6.07) is 2.03. The van der Waals surface area contributed by atoms with Gasteiger partial charge in [0.05, 0.1) is 0 Å². The zero-order chi connectivity index (χ0) is 9.14. The molecule has 3 nitrogen and oxygen atoms in total. The number of Topliss-reactive ketones (excluding diaryl/α,β-unsaturated/α-hetero) is 1. The SMILES string of the molecule is O.O=C(F)C(=O)c1ccc(F)cc1. The summed E-state index contributed by atoms with van der Waals surface area (Å²) >= 11 is 0. The van der Waals surface area contributed by atoms with Crippen LogP contribution in [-0.4, -0.2) is 17.3 Å². The first-order valence-corrected chi connectivity index (χ1v) is 3.11. The molecule has 70 valence electrons.